The van der Waals surface area contributed by atoms with E-state index in [4.69, 9.17) is 9.47 Å². The summed E-state index contributed by atoms with van der Waals surface area (Å²) in [4.78, 5) is 28.3. The number of nitrogens with zero attached hydrogens (tertiary/aromatic N) is 1. The summed E-state index contributed by atoms with van der Waals surface area (Å²) in [6.07, 6.45) is 4.10. The summed E-state index contributed by atoms with van der Waals surface area (Å²) in [6.45, 7) is 3.43. The number of thioether (sulfide) groups is 1. The number of methoxy groups -OCH3 is 2. The summed E-state index contributed by atoms with van der Waals surface area (Å²) in [7, 11) is 3.06. The lowest BCUT2D eigenvalue weighted by Gasteiger charge is -2.32. The quantitative estimate of drug-likeness (QED) is 0.467. The molecular weight excluding hydrogens is 426 g/mol. The Balaban J connectivity index is 1.42. The lowest BCUT2D eigenvalue weighted by Crippen LogP contribution is -2.41. The Morgan fingerprint density at radius 2 is 1.75 bits per heavy atom. The summed E-state index contributed by atoms with van der Waals surface area (Å²) >= 11 is 1.78. The van der Waals surface area contributed by atoms with Gasteiger partial charge in [-0.05, 0) is 61.9 Å². The van der Waals surface area contributed by atoms with E-state index in [1.165, 1.54) is 24.7 Å². The largest absolute Gasteiger partial charge is 0.493 e. The van der Waals surface area contributed by atoms with Gasteiger partial charge in [0.15, 0.2) is 11.5 Å². The lowest BCUT2D eigenvalue weighted by atomic mass is 9.96. The third-order valence-electron chi connectivity index (χ3n) is 5.69. The van der Waals surface area contributed by atoms with Crippen LogP contribution in [0.2, 0.25) is 0 Å². The summed E-state index contributed by atoms with van der Waals surface area (Å²) in [5.74, 6) is 0.0927. The Bertz CT molecular complexity index is 929. The number of ether oxygens (including phenoxy) is 2. The van der Waals surface area contributed by atoms with Crippen LogP contribution in [-0.4, -0.2) is 56.8 Å². The molecule has 2 N–H and O–H groups in total. The minimum absolute atomic E-state index is 0.375. The molecule has 0 atom stereocenters. The minimum Gasteiger partial charge on any atom is -0.493 e. The first kappa shape index (κ1) is 23.9. The van der Waals surface area contributed by atoms with Crippen molar-refractivity contribution in [1.82, 2.24) is 10.2 Å². The average molecular weight is 458 g/mol. The molecule has 0 aliphatic carbocycles. The van der Waals surface area contributed by atoms with Gasteiger partial charge >= 0.3 is 11.8 Å². The molecule has 2 amide bonds. The molecule has 2 aromatic rings. The average Bonchev–Trinajstić information content (AvgIpc) is 2.83. The van der Waals surface area contributed by atoms with E-state index in [0.29, 0.717) is 29.6 Å². The van der Waals surface area contributed by atoms with E-state index in [1.807, 2.05) is 0 Å². The molecule has 0 saturated carbocycles. The van der Waals surface area contributed by atoms with Crippen molar-refractivity contribution in [2.75, 3.05) is 45.4 Å². The second-order valence-corrected chi connectivity index (χ2v) is 8.61. The number of anilines is 1. The van der Waals surface area contributed by atoms with Crippen LogP contribution in [0.4, 0.5) is 5.69 Å². The zero-order chi connectivity index (χ0) is 22.9. The molecule has 1 aliphatic heterocycles. The Morgan fingerprint density at radius 1 is 1.03 bits per heavy atom. The number of piperidine rings is 1. The van der Waals surface area contributed by atoms with Crippen LogP contribution in [0.15, 0.2) is 47.4 Å². The molecule has 8 heteroatoms. The first-order chi connectivity index (χ1) is 15.5. The van der Waals surface area contributed by atoms with E-state index in [0.717, 1.165) is 32.5 Å². The number of rotatable bonds is 8. The number of likely N-dealkylation sites (tertiary alicyclic amines) is 1. The van der Waals surface area contributed by atoms with Gasteiger partial charge in [-0.15, -0.1) is 11.8 Å². The third-order valence-corrected chi connectivity index (χ3v) is 6.53. The molecule has 1 fully saturated rings. The number of hydrogen-bond donors (Lipinski definition) is 2. The van der Waals surface area contributed by atoms with E-state index >= 15 is 0 Å². The predicted molar refractivity (Wildman–Crippen MR) is 127 cm³/mol. The smallest absolute Gasteiger partial charge is 0.313 e. The highest BCUT2D eigenvalue weighted by molar-refractivity contribution is 7.98. The Hall–Kier alpha value is -2.71. The zero-order valence-corrected chi connectivity index (χ0v) is 19.7. The maximum absolute atomic E-state index is 12.3. The molecule has 3 rings (SSSR count). The highest BCUT2D eigenvalue weighted by atomic mass is 32.2. The molecule has 7 nitrogen and oxygen atoms in total. The van der Waals surface area contributed by atoms with Crippen molar-refractivity contribution in [1.29, 1.82) is 0 Å². The number of nitrogens with one attached hydrogen (secondary N) is 2. The lowest BCUT2D eigenvalue weighted by molar-refractivity contribution is -0.136. The Morgan fingerprint density at radius 3 is 2.44 bits per heavy atom. The first-order valence-corrected chi connectivity index (χ1v) is 11.9. The van der Waals surface area contributed by atoms with Crippen LogP contribution >= 0.6 is 11.8 Å². The van der Waals surface area contributed by atoms with Crippen LogP contribution in [-0.2, 0) is 16.1 Å². The van der Waals surface area contributed by atoms with Crippen molar-refractivity contribution < 1.29 is 19.1 Å². The topological polar surface area (TPSA) is 79.9 Å². The summed E-state index contributed by atoms with van der Waals surface area (Å²) < 4.78 is 10.4. The molecule has 172 valence electrons. The molecule has 1 saturated heterocycles. The third kappa shape index (κ3) is 6.40. The number of hydrogen-bond acceptors (Lipinski definition) is 6. The maximum Gasteiger partial charge on any atom is 0.313 e. The first-order valence-electron chi connectivity index (χ1n) is 10.7. The molecule has 1 heterocycles. The van der Waals surface area contributed by atoms with Gasteiger partial charge in [0.1, 0.15) is 0 Å². The highest BCUT2D eigenvalue weighted by Gasteiger charge is 2.22. The van der Waals surface area contributed by atoms with E-state index in [-0.39, 0.29) is 0 Å². The minimum atomic E-state index is -0.691. The Labute approximate surface area is 193 Å². The van der Waals surface area contributed by atoms with Crippen LogP contribution < -0.4 is 20.1 Å². The number of carbonyl (C=O) groups is 2. The van der Waals surface area contributed by atoms with Crippen LogP contribution in [0.1, 0.15) is 18.4 Å². The fourth-order valence-corrected chi connectivity index (χ4v) is 4.45. The molecule has 0 bridgehead atoms. The van der Waals surface area contributed by atoms with Crippen LogP contribution in [0, 0.1) is 5.92 Å². The standard InChI is InChI=1S/C24H31N3O4S/c1-30-20-9-8-19(14-21(20)31-2)26-24(29)23(28)25-15-17-10-12-27(13-11-17)16-18-6-4-5-7-22(18)32-3/h4-9,14,17H,10-13,15-16H2,1-3H3,(H,25,28)(H,26,29). The molecule has 32 heavy (non-hydrogen) atoms. The predicted octanol–water partition coefficient (Wildman–Crippen LogP) is 3.39. The Kier molecular flexibility index (Phi) is 8.81. The summed E-state index contributed by atoms with van der Waals surface area (Å²) in [5.41, 5.74) is 1.83. The highest BCUT2D eigenvalue weighted by Crippen LogP contribution is 2.29. The van der Waals surface area contributed by atoms with Gasteiger partial charge in [-0.25, -0.2) is 0 Å². The van der Waals surface area contributed by atoms with Gasteiger partial charge < -0.3 is 20.1 Å². The van der Waals surface area contributed by atoms with E-state index in [1.54, 1.807) is 30.0 Å². The fraction of sp³-hybridized carbons (Fsp3) is 0.417. The van der Waals surface area contributed by atoms with Crippen molar-refractivity contribution in [3.05, 3.63) is 48.0 Å². The number of amides is 2. The van der Waals surface area contributed by atoms with Crippen molar-refractivity contribution in [3.63, 3.8) is 0 Å². The van der Waals surface area contributed by atoms with Gasteiger partial charge in [-0.2, -0.15) is 0 Å². The van der Waals surface area contributed by atoms with Crippen molar-refractivity contribution in [2.45, 2.75) is 24.3 Å². The molecule has 0 aromatic heterocycles. The molecule has 0 unspecified atom stereocenters. The van der Waals surface area contributed by atoms with Gasteiger partial charge in [-0.1, -0.05) is 18.2 Å². The van der Waals surface area contributed by atoms with Gasteiger partial charge in [0, 0.05) is 29.7 Å². The fourth-order valence-electron chi connectivity index (χ4n) is 3.84. The zero-order valence-electron chi connectivity index (χ0n) is 18.8. The maximum atomic E-state index is 12.3. The van der Waals surface area contributed by atoms with Crippen molar-refractivity contribution >= 4 is 29.3 Å². The molecular formula is C24H31N3O4S. The number of benzene rings is 2. The van der Waals surface area contributed by atoms with Crippen LogP contribution in [0.3, 0.4) is 0 Å². The van der Waals surface area contributed by atoms with Gasteiger partial charge in [0.05, 0.1) is 14.2 Å². The van der Waals surface area contributed by atoms with Gasteiger partial charge in [-0.3, -0.25) is 14.5 Å². The molecule has 0 spiro atoms. The summed E-state index contributed by atoms with van der Waals surface area (Å²) in [6, 6.07) is 13.5. The normalized spacial score (nSPS) is 14.6. The van der Waals surface area contributed by atoms with Crippen molar-refractivity contribution in [3.8, 4) is 11.5 Å². The van der Waals surface area contributed by atoms with E-state index in [9.17, 15) is 9.59 Å². The molecule has 0 radical (unpaired) electrons. The SMILES string of the molecule is COc1ccc(NC(=O)C(=O)NCC2CCN(Cc3ccccc3SC)CC2)cc1OC. The van der Waals surface area contributed by atoms with E-state index in [2.05, 4.69) is 46.1 Å². The van der Waals surface area contributed by atoms with E-state index < -0.39 is 11.8 Å². The number of carbonyl (C=O) groups excluding carboxylic acids is 2. The van der Waals surface area contributed by atoms with Crippen LogP contribution in [0.5, 0.6) is 11.5 Å². The van der Waals surface area contributed by atoms with Gasteiger partial charge in [0.2, 0.25) is 0 Å². The second-order valence-electron chi connectivity index (χ2n) is 7.77. The van der Waals surface area contributed by atoms with Gasteiger partial charge in [0.25, 0.3) is 0 Å². The molecule has 2 aromatic carbocycles. The van der Waals surface area contributed by atoms with Crippen LogP contribution in [0.25, 0.3) is 0 Å². The monoisotopic (exact) mass is 457 g/mol. The summed E-state index contributed by atoms with van der Waals surface area (Å²) in [5, 5.41) is 5.38. The molecule has 1 aliphatic rings. The van der Waals surface area contributed by atoms with Crippen molar-refractivity contribution in [2.24, 2.45) is 5.92 Å². The second kappa shape index (κ2) is 11.8.